The summed E-state index contributed by atoms with van der Waals surface area (Å²) in [6.07, 6.45) is 7.34. The first-order valence-electron chi connectivity index (χ1n) is 5.96. The summed E-state index contributed by atoms with van der Waals surface area (Å²) in [5.41, 5.74) is 6.68. The SMILES string of the molecule is C#CCCCNC(C/C(N)=N\O)c1ccccc1. The normalized spacial score (nSPS) is 12.9. The summed E-state index contributed by atoms with van der Waals surface area (Å²) in [6, 6.07) is 9.98. The third-order valence-corrected chi connectivity index (χ3v) is 2.63. The standard InChI is InChI=1S/C14H19N3O/c1-2-3-7-10-16-13(11-14(15)17-18)12-8-5-4-6-9-12/h1,4-6,8-9,13,16,18H,3,7,10-11H2,(H2,15,17). The molecule has 18 heavy (non-hydrogen) atoms. The van der Waals surface area contributed by atoms with Gasteiger partial charge in [0.15, 0.2) is 0 Å². The first-order valence-corrected chi connectivity index (χ1v) is 5.96. The van der Waals surface area contributed by atoms with Crippen molar-refractivity contribution in [1.29, 1.82) is 0 Å². The number of amidine groups is 1. The van der Waals surface area contributed by atoms with E-state index in [4.69, 9.17) is 17.4 Å². The van der Waals surface area contributed by atoms with Gasteiger partial charge in [0.05, 0.1) is 0 Å². The minimum atomic E-state index is 0.0416. The van der Waals surface area contributed by atoms with Crippen LogP contribution in [0.4, 0.5) is 0 Å². The Morgan fingerprint density at radius 3 is 2.78 bits per heavy atom. The quantitative estimate of drug-likeness (QED) is 0.171. The van der Waals surface area contributed by atoms with E-state index in [9.17, 15) is 0 Å². The van der Waals surface area contributed by atoms with Crippen LogP contribution in [0.2, 0.25) is 0 Å². The van der Waals surface area contributed by atoms with Gasteiger partial charge in [-0.1, -0.05) is 35.5 Å². The van der Waals surface area contributed by atoms with Crippen molar-refractivity contribution in [3.05, 3.63) is 35.9 Å². The molecule has 4 N–H and O–H groups in total. The summed E-state index contributed by atoms with van der Waals surface area (Å²) in [7, 11) is 0. The van der Waals surface area contributed by atoms with Crippen LogP contribution in [0.3, 0.4) is 0 Å². The Balaban J connectivity index is 2.61. The minimum absolute atomic E-state index is 0.0416. The Morgan fingerprint density at radius 1 is 1.44 bits per heavy atom. The number of rotatable bonds is 7. The lowest BCUT2D eigenvalue weighted by Gasteiger charge is -2.18. The van der Waals surface area contributed by atoms with Crippen molar-refractivity contribution in [3.8, 4) is 12.3 Å². The zero-order valence-electron chi connectivity index (χ0n) is 10.3. The molecule has 4 nitrogen and oxygen atoms in total. The molecule has 1 atom stereocenters. The highest BCUT2D eigenvalue weighted by molar-refractivity contribution is 5.80. The fourth-order valence-electron chi connectivity index (χ4n) is 1.71. The molecule has 0 fully saturated rings. The van der Waals surface area contributed by atoms with Gasteiger partial charge in [-0.3, -0.25) is 0 Å². The van der Waals surface area contributed by atoms with E-state index in [1.54, 1.807) is 0 Å². The molecular weight excluding hydrogens is 226 g/mol. The highest BCUT2D eigenvalue weighted by atomic mass is 16.4. The van der Waals surface area contributed by atoms with Crippen LogP contribution in [0.1, 0.15) is 30.9 Å². The molecule has 0 aliphatic carbocycles. The second-order valence-electron chi connectivity index (χ2n) is 4.02. The number of oxime groups is 1. The van der Waals surface area contributed by atoms with Crippen LogP contribution in [0.5, 0.6) is 0 Å². The van der Waals surface area contributed by atoms with Crippen LogP contribution in [-0.2, 0) is 0 Å². The monoisotopic (exact) mass is 245 g/mol. The maximum atomic E-state index is 8.65. The van der Waals surface area contributed by atoms with Crippen LogP contribution in [0.25, 0.3) is 0 Å². The maximum absolute atomic E-state index is 8.65. The molecule has 1 rings (SSSR count). The molecule has 0 aliphatic rings. The van der Waals surface area contributed by atoms with E-state index in [-0.39, 0.29) is 11.9 Å². The molecule has 0 aliphatic heterocycles. The molecule has 1 unspecified atom stereocenters. The van der Waals surface area contributed by atoms with E-state index in [1.807, 2.05) is 30.3 Å². The van der Waals surface area contributed by atoms with Crippen molar-refractivity contribution in [2.24, 2.45) is 10.9 Å². The van der Waals surface area contributed by atoms with Gasteiger partial charge in [-0.05, 0) is 18.5 Å². The minimum Gasteiger partial charge on any atom is -0.409 e. The Kier molecular flexibility index (Phi) is 6.37. The summed E-state index contributed by atoms with van der Waals surface area (Å²) in [5.74, 6) is 2.82. The lowest BCUT2D eigenvalue weighted by atomic mass is 10.0. The van der Waals surface area contributed by atoms with E-state index in [0.717, 1.165) is 24.9 Å². The molecular formula is C14H19N3O. The largest absolute Gasteiger partial charge is 0.409 e. The van der Waals surface area contributed by atoms with Crippen molar-refractivity contribution in [2.75, 3.05) is 6.54 Å². The molecule has 0 saturated carbocycles. The van der Waals surface area contributed by atoms with Crippen LogP contribution in [0, 0.1) is 12.3 Å². The number of nitrogens with two attached hydrogens (primary N) is 1. The highest BCUT2D eigenvalue weighted by Crippen LogP contribution is 2.16. The Hall–Kier alpha value is -1.99. The lowest BCUT2D eigenvalue weighted by molar-refractivity contribution is 0.315. The molecule has 0 aromatic heterocycles. The van der Waals surface area contributed by atoms with Crippen molar-refractivity contribution in [1.82, 2.24) is 5.32 Å². The third-order valence-electron chi connectivity index (χ3n) is 2.63. The van der Waals surface area contributed by atoms with Crippen molar-refractivity contribution >= 4 is 5.84 Å². The summed E-state index contributed by atoms with van der Waals surface area (Å²) >= 11 is 0. The number of terminal acetylenes is 1. The van der Waals surface area contributed by atoms with E-state index in [0.29, 0.717) is 6.42 Å². The summed E-state index contributed by atoms with van der Waals surface area (Å²) in [4.78, 5) is 0. The van der Waals surface area contributed by atoms with Gasteiger partial charge in [0.1, 0.15) is 5.84 Å². The van der Waals surface area contributed by atoms with Crippen LogP contribution < -0.4 is 11.1 Å². The second kappa shape index (κ2) is 8.15. The van der Waals surface area contributed by atoms with Gasteiger partial charge in [0.2, 0.25) is 0 Å². The molecule has 0 radical (unpaired) electrons. The molecule has 1 aromatic rings. The summed E-state index contributed by atoms with van der Waals surface area (Å²) in [6.45, 7) is 0.808. The number of nitrogens with zero attached hydrogens (tertiary/aromatic N) is 1. The van der Waals surface area contributed by atoms with Crippen LogP contribution >= 0.6 is 0 Å². The fraction of sp³-hybridized carbons (Fsp3) is 0.357. The van der Waals surface area contributed by atoms with E-state index in [1.165, 1.54) is 0 Å². The molecule has 0 spiro atoms. The molecule has 4 heteroatoms. The Morgan fingerprint density at radius 2 is 2.17 bits per heavy atom. The number of benzene rings is 1. The average molecular weight is 245 g/mol. The summed E-state index contributed by atoms with van der Waals surface area (Å²) in [5, 5.41) is 15.0. The molecule has 0 bridgehead atoms. The van der Waals surface area contributed by atoms with Crippen LogP contribution in [-0.4, -0.2) is 17.6 Å². The van der Waals surface area contributed by atoms with Gasteiger partial charge in [-0.25, -0.2) is 0 Å². The van der Waals surface area contributed by atoms with Gasteiger partial charge >= 0.3 is 0 Å². The average Bonchev–Trinajstić information content (AvgIpc) is 2.43. The first-order chi connectivity index (χ1) is 8.77. The molecule has 0 saturated heterocycles. The fourth-order valence-corrected chi connectivity index (χ4v) is 1.71. The van der Waals surface area contributed by atoms with Gasteiger partial charge in [-0.2, -0.15) is 0 Å². The number of nitrogens with one attached hydrogen (secondary N) is 1. The Bertz CT molecular complexity index is 409. The van der Waals surface area contributed by atoms with Crippen molar-refractivity contribution < 1.29 is 5.21 Å². The first kappa shape index (κ1) is 14.1. The summed E-state index contributed by atoms with van der Waals surface area (Å²) < 4.78 is 0. The molecule has 0 heterocycles. The molecule has 1 aromatic carbocycles. The predicted octanol–water partition coefficient (Wildman–Crippen LogP) is 1.87. The topological polar surface area (TPSA) is 70.6 Å². The van der Waals surface area contributed by atoms with Crippen molar-refractivity contribution in [2.45, 2.75) is 25.3 Å². The molecule has 0 amide bonds. The predicted molar refractivity (Wildman–Crippen MR) is 73.3 cm³/mol. The molecule has 96 valence electrons. The lowest BCUT2D eigenvalue weighted by Crippen LogP contribution is -2.27. The number of unbranched alkanes of at least 4 members (excludes halogenated alkanes) is 1. The zero-order valence-corrected chi connectivity index (χ0v) is 10.3. The zero-order chi connectivity index (χ0) is 13.2. The Labute approximate surface area is 108 Å². The van der Waals surface area contributed by atoms with E-state index >= 15 is 0 Å². The van der Waals surface area contributed by atoms with Gasteiger partial charge in [0.25, 0.3) is 0 Å². The van der Waals surface area contributed by atoms with Gasteiger partial charge in [0, 0.05) is 18.9 Å². The van der Waals surface area contributed by atoms with E-state index in [2.05, 4.69) is 16.4 Å². The van der Waals surface area contributed by atoms with Crippen molar-refractivity contribution in [3.63, 3.8) is 0 Å². The van der Waals surface area contributed by atoms with E-state index < -0.39 is 0 Å². The smallest absolute Gasteiger partial charge is 0.141 e. The third kappa shape index (κ3) is 4.89. The van der Waals surface area contributed by atoms with Gasteiger partial charge < -0.3 is 16.3 Å². The van der Waals surface area contributed by atoms with Gasteiger partial charge in [-0.15, -0.1) is 12.3 Å². The second-order valence-corrected chi connectivity index (χ2v) is 4.02. The maximum Gasteiger partial charge on any atom is 0.141 e. The van der Waals surface area contributed by atoms with Crippen LogP contribution in [0.15, 0.2) is 35.5 Å². The number of hydrogen-bond donors (Lipinski definition) is 3. The highest BCUT2D eigenvalue weighted by Gasteiger charge is 2.12. The number of hydrogen-bond acceptors (Lipinski definition) is 3.